The molecule has 154 valence electrons. The normalized spacial score (nSPS) is 16.8. The first-order chi connectivity index (χ1) is 13.9. The molecular formula is C19H20N2O6S2. The van der Waals surface area contributed by atoms with Crippen LogP contribution < -0.4 is 15.4 Å². The number of nitrogens with one attached hydrogen (secondary N) is 2. The molecule has 2 N–H and O–H groups in total. The van der Waals surface area contributed by atoms with Crippen LogP contribution >= 0.6 is 11.3 Å². The van der Waals surface area contributed by atoms with Gasteiger partial charge in [0.05, 0.1) is 31.1 Å². The fraction of sp³-hybridized carbons (Fsp3) is 0.263. The first-order valence-electron chi connectivity index (χ1n) is 8.73. The lowest BCUT2D eigenvalue weighted by atomic mass is 9.95. The van der Waals surface area contributed by atoms with Crippen LogP contribution in [0.1, 0.15) is 18.5 Å². The second-order valence-corrected chi connectivity index (χ2v) is 9.27. The van der Waals surface area contributed by atoms with E-state index < -0.39 is 33.6 Å². The molecular weight excluding hydrogens is 416 g/mol. The van der Waals surface area contributed by atoms with Gasteiger partial charge in [0.1, 0.15) is 9.96 Å². The molecule has 0 radical (unpaired) electrons. The molecule has 0 spiro atoms. The highest BCUT2D eigenvalue weighted by atomic mass is 32.2. The minimum absolute atomic E-state index is 0.00659. The fourth-order valence-electron chi connectivity index (χ4n) is 2.96. The number of carbonyl (C=O) groups excluding carboxylic acids is 2. The molecule has 0 bridgehead atoms. The van der Waals surface area contributed by atoms with Crippen molar-refractivity contribution in [2.75, 3.05) is 19.5 Å². The Bertz CT molecular complexity index is 1030. The summed E-state index contributed by atoms with van der Waals surface area (Å²) in [5.74, 6) is -0.618. The van der Waals surface area contributed by atoms with Crippen LogP contribution in [0.2, 0.25) is 0 Å². The van der Waals surface area contributed by atoms with Crippen molar-refractivity contribution in [3.8, 4) is 5.75 Å². The Kier molecular flexibility index (Phi) is 6.23. The summed E-state index contributed by atoms with van der Waals surface area (Å²) < 4.78 is 35.9. The van der Waals surface area contributed by atoms with Crippen molar-refractivity contribution < 1.29 is 27.5 Å². The molecule has 1 aliphatic heterocycles. The number of thiophene rings is 1. The maximum Gasteiger partial charge on any atom is 0.338 e. The zero-order chi connectivity index (χ0) is 21.0. The highest BCUT2D eigenvalue weighted by Gasteiger charge is 2.35. The third-order valence-corrected chi connectivity index (χ3v) is 7.35. The molecule has 0 saturated carbocycles. The summed E-state index contributed by atoms with van der Waals surface area (Å²) in [5, 5.41) is 6.76. The summed E-state index contributed by atoms with van der Waals surface area (Å²) in [6, 6.07) is 8.47. The number of esters is 1. The van der Waals surface area contributed by atoms with Crippen LogP contribution in [0.25, 0.3) is 0 Å². The first-order valence-corrected chi connectivity index (χ1v) is 11.3. The molecule has 0 saturated heterocycles. The Morgan fingerprint density at radius 1 is 1.21 bits per heavy atom. The zero-order valence-electron chi connectivity index (χ0n) is 15.8. The van der Waals surface area contributed by atoms with E-state index in [0.717, 1.165) is 11.3 Å². The summed E-state index contributed by atoms with van der Waals surface area (Å²) in [6.07, 6.45) is 0. The maximum absolute atomic E-state index is 12.7. The van der Waals surface area contributed by atoms with Gasteiger partial charge < -0.3 is 20.1 Å². The average molecular weight is 437 g/mol. The summed E-state index contributed by atoms with van der Waals surface area (Å²) in [6.45, 7) is 2.36. The Balaban J connectivity index is 2.04. The molecule has 2 amide bonds. The number of benzene rings is 1. The molecule has 1 aromatic carbocycles. The standard InChI is InChI=1S/C19H20N2O6S2/c1-3-27-13-8-6-12(7-9-13)17-16(18(22)26-2)14(20-19(23)21-17)11-29(24,25)15-5-4-10-28-15/h4-10,17H,3,11H2,1-2H3,(H2,20,21,23)/t17-/m1/s1. The molecule has 0 unspecified atom stereocenters. The minimum atomic E-state index is -3.74. The molecule has 1 aromatic heterocycles. The van der Waals surface area contributed by atoms with Crippen LogP contribution in [0.3, 0.4) is 0 Å². The van der Waals surface area contributed by atoms with Crippen LogP contribution in [-0.2, 0) is 19.4 Å². The quantitative estimate of drug-likeness (QED) is 0.645. The van der Waals surface area contributed by atoms with E-state index in [1.165, 1.54) is 13.2 Å². The van der Waals surface area contributed by atoms with Gasteiger partial charge in [-0.15, -0.1) is 11.3 Å². The number of carbonyl (C=O) groups is 2. The molecule has 1 aliphatic rings. The summed E-state index contributed by atoms with van der Waals surface area (Å²) in [4.78, 5) is 24.8. The van der Waals surface area contributed by atoms with Crippen molar-refractivity contribution in [2.24, 2.45) is 0 Å². The minimum Gasteiger partial charge on any atom is -0.494 e. The van der Waals surface area contributed by atoms with Gasteiger partial charge in [-0.05, 0) is 36.1 Å². The number of amides is 2. The zero-order valence-corrected chi connectivity index (χ0v) is 17.4. The highest BCUT2D eigenvalue weighted by Crippen LogP contribution is 2.30. The summed E-state index contributed by atoms with van der Waals surface area (Å²) in [5.41, 5.74) is 0.624. The van der Waals surface area contributed by atoms with Crippen molar-refractivity contribution in [1.82, 2.24) is 10.6 Å². The van der Waals surface area contributed by atoms with Crippen molar-refractivity contribution in [1.29, 1.82) is 0 Å². The Labute approximate surface area is 172 Å². The van der Waals surface area contributed by atoms with Gasteiger partial charge in [0.15, 0.2) is 9.84 Å². The number of sulfone groups is 1. The van der Waals surface area contributed by atoms with Gasteiger partial charge in [-0.1, -0.05) is 18.2 Å². The van der Waals surface area contributed by atoms with Gasteiger partial charge in [-0.3, -0.25) is 0 Å². The first kappa shape index (κ1) is 20.9. The Hall–Kier alpha value is -2.85. The van der Waals surface area contributed by atoms with Crippen LogP contribution in [0, 0.1) is 0 Å². The van der Waals surface area contributed by atoms with Crippen LogP contribution in [0.4, 0.5) is 4.79 Å². The van der Waals surface area contributed by atoms with Crippen LogP contribution in [0.5, 0.6) is 5.75 Å². The van der Waals surface area contributed by atoms with Gasteiger partial charge in [-0.25, -0.2) is 18.0 Å². The van der Waals surface area contributed by atoms with Crippen LogP contribution in [-0.4, -0.2) is 39.9 Å². The molecule has 1 atom stereocenters. The molecule has 0 fully saturated rings. The molecule has 8 nitrogen and oxygen atoms in total. The second kappa shape index (κ2) is 8.66. The lowest BCUT2D eigenvalue weighted by molar-refractivity contribution is -0.136. The highest BCUT2D eigenvalue weighted by molar-refractivity contribution is 7.93. The van der Waals surface area contributed by atoms with Crippen molar-refractivity contribution in [2.45, 2.75) is 17.2 Å². The van der Waals surface area contributed by atoms with Gasteiger partial charge in [0.2, 0.25) is 0 Å². The van der Waals surface area contributed by atoms with Gasteiger partial charge in [0.25, 0.3) is 0 Å². The van der Waals surface area contributed by atoms with Gasteiger partial charge in [-0.2, -0.15) is 0 Å². The van der Waals surface area contributed by atoms with E-state index in [9.17, 15) is 18.0 Å². The van der Waals surface area contributed by atoms with E-state index in [0.29, 0.717) is 17.9 Å². The molecule has 0 aliphatic carbocycles. The maximum atomic E-state index is 12.7. The molecule has 2 heterocycles. The predicted molar refractivity (Wildman–Crippen MR) is 107 cm³/mol. The van der Waals surface area contributed by atoms with Gasteiger partial charge >= 0.3 is 12.0 Å². The smallest absolute Gasteiger partial charge is 0.338 e. The third-order valence-electron chi connectivity index (χ3n) is 4.22. The monoisotopic (exact) mass is 436 g/mol. The summed E-state index contributed by atoms with van der Waals surface area (Å²) in [7, 11) is -2.54. The van der Waals surface area contributed by atoms with E-state index in [4.69, 9.17) is 9.47 Å². The number of hydrogen-bond donors (Lipinski definition) is 2. The predicted octanol–water partition coefficient (Wildman–Crippen LogP) is 2.40. The van der Waals surface area contributed by atoms with E-state index in [-0.39, 0.29) is 15.5 Å². The third kappa shape index (κ3) is 4.60. The number of rotatable bonds is 7. The Morgan fingerprint density at radius 2 is 1.93 bits per heavy atom. The number of methoxy groups -OCH3 is 1. The number of ether oxygens (including phenoxy) is 2. The van der Waals surface area contributed by atoms with Crippen LogP contribution in [0.15, 0.2) is 57.3 Å². The van der Waals surface area contributed by atoms with E-state index in [2.05, 4.69) is 10.6 Å². The molecule has 3 rings (SSSR count). The van der Waals surface area contributed by atoms with Crippen molar-refractivity contribution >= 4 is 33.2 Å². The lowest BCUT2D eigenvalue weighted by Crippen LogP contribution is -2.47. The largest absolute Gasteiger partial charge is 0.494 e. The number of urea groups is 1. The van der Waals surface area contributed by atoms with Crippen molar-refractivity contribution in [3.63, 3.8) is 0 Å². The second-order valence-electron chi connectivity index (χ2n) is 6.11. The van der Waals surface area contributed by atoms with Gasteiger partial charge in [0, 0.05) is 5.70 Å². The summed E-state index contributed by atoms with van der Waals surface area (Å²) >= 11 is 1.07. The molecule has 29 heavy (non-hydrogen) atoms. The van der Waals surface area contributed by atoms with E-state index in [1.807, 2.05) is 6.92 Å². The molecule has 2 aromatic rings. The SMILES string of the molecule is CCOc1ccc([C@H]2NC(=O)NC(CS(=O)(=O)c3cccs3)=C2C(=O)OC)cc1. The topological polar surface area (TPSA) is 111 Å². The lowest BCUT2D eigenvalue weighted by Gasteiger charge is -2.29. The van der Waals surface area contributed by atoms with Crippen molar-refractivity contribution in [3.05, 3.63) is 58.6 Å². The average Bonchev–Trinajstić information content (AvgIpc) is 3.23. The Morgan fingerprint density at radius 3 is 2.52 bits per heavy atom. The van der Waals surface area contributed by atoms with E-state index >= 15 is 0 Å². The van der Waals surface area contributed by atoms with E-state index in [1.54, 1.807) is 35.7 Å². The fourth-order valence-corrected chi connectivity index (χ4v) is 5.37. The molecule has 10 heteroatoms. The number of hydrogen-bond acceptors (Lipinski definition) is 7.